The number of carbonyl (C=O) groups is 1. The Morgan fingerprint density at radius 2 is 1.66 bits per heavy atom. The van der Waals surface area contributed by atoms with Crippen molar-refractivity contribution in [2.75, 3.05) is 24.9 Å². The molecule has 1 unspecified atom stereocenters. The Labute approximate surface area is 170 Å². The molecular formula is C23H26N2O4. The largest absolute Gasteiger partial charge is 0.502 e. The number of hydrogen-bond donors (Lipinski definition) is 3. The van der Waals surface area contributed by atoms with E-state index in [2.05, 4.69) is 24.5 Å². The quantitative estimate of drug-likeness (QED) is 0.704. The molecule has 1 aliphatic heterocycles. The van der Waals surface area contributed by atoms with Gasteiger partial charge < -0.3 is 25.2 Å². The second-order valence-electron chi connectivity index (χ2n) is 8.36. The molecule has 0 fully saturated rings. The van der Waals surface area contributed by atoms with Crippen LogP contribution in [0.5, 0.6) is 17.2 Å². The third-order valence-electron chi connectivity index (χ3n) is 5.56. The fraction of sp³-hybridized carbons (Fsp3) is 0.348. The lowest BCUT2D eigenvalue weighted by Gasteiger charge is -2.34. The van der Waals surface area contributed by atoms with Gasteiger partial charge in [0.1, 0.15) is 0 Å². The minimum atomic E-state index is -0.395. The lowest BCUT2D eigenvalue weighted by atomic mass is 9.73. The molecule has 29 heavy (non-hydrogen) atoms. The molecule has 0 saturated carbocycles. The molecule has 0 amide bonds. The van der Waals surface area contributed by atoms with Gasteiger partial charge in [-0.2, -0.15) is 0 Å². The number of anilines is 2. The van der Waals surface area contributed by atoms with Gasteiger partial charge in [0, 0.05) is 17.7 Å². The number of methoxy groups -OCH3 is 2. The Balaban J connectivity index is 1.92. The number of benzene rings is 2. The monoisotopic (exact) mass is 394 g/mol. The summed E-state index contributed by atoms with van der Waals surface area (Å²) in [7, 11) is 2.99. The number of Topliss-reactive ketones (excluding diaryl/α,β-unsaturated/α-hetero) is 1. The number of hydrogen-bond acceptors (Lipinski definition) is 6. The highest BCUT2D eigenvalue weighted by atomic mass is 16.5. The maximum Gasteiger partial charge on any atom is 0.200 e. The van der Waals surface area contributed by atoms with E-state index >= 15 is 0 Å². The minimum absolute atomic E-state index is 0.0591. The van der Waals surface area contributed by atoms with Gasteiger partial charge in [-0.25, -0.2) is 0 Å². The van der Waals surface area contributed by atoms with Crippen molar-refractivity contribution in [1.82, 2.24) is 0 Å². The molecule has 6 nitrogen and oxygen atoms in total. The van der Waals surface area contributed by atoms with Gasteiger partial charge in [0.25, 0.3) is 0 Å². The Morgan fingerprint density at radius 1 is 1.03 bits per heavy atom. The maximum atomic E-state index is 13.3. The zero-order valence-corrected chi connectivity index (χ0v) is 17.1. The van der Waals surface area contributed by atoms with Gasteiger partial charge in [0.2, 0.25) is 5.75 Å². The van der Waals surface area contributed by atoms with Crippen molar-refractivity contribution in [2.45, 2.75) is 32.7 Å². The van der Waals surface area contributed by atoms with Gasteiger partial charge >= 0.3 is 0 Å². The molecule has 1 heterocycles. The van der Waals surface area contributed by atoms with Gasteiger partial charge in [0.15, 0.2) is 17.3 Å². The van der Waals surface area contributed by atoms with Crippen molar-refractivity contribution >= 4 is 17.2 Å². The summed E-state index contributed by atoms with van der Waals surface area (Å²) in [5.74, 6) is 0.658. The van der Waals surface area contributed by atoms with Crippen LogP contribution in [0, 0.1) is 5.41 Å². The van der Waals surface area contributed by atoms with Crippen LogP contribution < -0.4 is 20.1 Å². The summed E-state index contributed by atoms with van der Waals surface area (Å²) < 4.78 is 10.7. The van der Waals surface area contributed by atoms with E-state index in [0.717, 1.165) is 34.6 Å². The molecule has 0 spiro atoms. The van der Waals surface area contributed by atoms with Crippen LogP contribution in [0.25, 0.3) is 0 Å². The second-order valence-corrected chi connectivity index (χ2v) is 8.36. The van der Waals surface area contributed by atoms with Crippen LogP contribution in [0.4, 0.5) is 11.4 Å². The summed E-state index contributed by atoms with van der Waals surface area (Å²) in [6.07, 6.45) is 1.25. The van der Waals surface area contributed by atoms with Gasteiger partial charge in [-0.15, -0.1) is 0 Å². The summed E-state index contributed by atoms with van der Waals surface area (Å²) in [6.45, 7) is 4.23. The SMILES string of the molecule is COc1cc(C2Nc3ccccc3NC3=C2C(=O)CC(C)(C)C3)cc(OC)c1O. The van der Waals surface area contributed by atoms with E-state index in [0.29, 0.717) is 17.9 Å². The highest BCUT2D eigenvalue weighted by molar-refractivity contribution is 6.01. The number of fused-ring (bicyclic) bond motifs is 1. The van der Waals surface area contributed by atoms with E-state index in [9.17, 15) is 9.90 Å². The molecule has 6 heteroatoms. The first kappa shape index (κ1) is 19.2. The zero-order valence-electron chi connectivity index (χ0n) is 17.1. The van der Waals surface area contributed by atoms with E-state index in [1.807, 2.05) is 24.3 Å². The molecule has 2 aliphatic rings. The van der Waals surface area contributed by atoms with Crippen molar-refractivity contribution in [3.63, 3.8) is 0 Å². The predicted molar refractivity (Wildman–Crippen MR) is 113 cm³/mol. The van der Waals surface area contributed by atoms with Crippen molar-refractivity contribution in [3.05, 3.63) is 53.2 Å². The summed E-state index contributed by atoms with van der Waals surface area (Å²) in [5.41, 5.74) is 4.16. The molecule has 0 radical (unpaired) electrons. The normalized spacial score (nSPS) is 20.0. The number of aromatic hydroxyl groups is 1. The third-order valence-corrected chi connectivity index (χ3v) is 5.56. The molecular weight excluding hydrogens is 368 g/mol. The van der Waals surface area contributed by atoms with Gasteiger partial charge in [-0.05, 0) is 41.7 Å². The number of phenols is 1. The van der Waals surface area contributed by atoms with E-state index in [1.165, 1.54) is 14.2 Å². The van der Waals surface area contributed by atoms with E-state index in [-0.39, 0.29) is 16.9 Å². The fourth-order valence-electron chi connectivity index (χ4n) is 4.22. The molecule has 3 N–H and O–H groups in total. The van der Waals surface area contributed by atoms with Crippen LogP contribution >= 0.6 is 0 Å². The van der Waals surface area contributed by atoms with Crippen molar-refractivity contribution < 1.29 is 19.4 Å². The van der Waals surface area contributed by atoms with Crippen LogP contribution in [0.15, 0.2) is 47.7 Å². The Kier molecular flexibility index (Phi) is 4.65. The first-order chi connectivity index (χ1) is 13.8. The number of carbonyl (C=O) groups excluding carboxylic acids is 1. The molecule has 1 aliphatic carbocycles. The highest BCUT2D eigenvalue weighted by Crippen LogP contribution is 2.47. The summed E-state index contributed by atoms with van der Waals surface area (Å²) in [4.78, 5) is 13.3. The van der Waals surface area contributed by atoms with Gasteiger partial charge in [-0.1, -0.05) is 26.0 Å². The molecule has 0 saturated heterocycles. The molecule has 2 aromatic rings. The average Bonchev–Trinajstić information content (AvgIpc) is 2.83. The lowest BCUT2D eigenvalue weighted by molar-refractivity contribution is -0.118. The first-order valence-corrected chi connectivity index (χ1v) is 9.66. The fourth-order valence-corrected chi connectivity index (χ4v) is 4.22. The van der Waals surface area contributed by atoms with Crippen LogP contribution in [0.2, 0.25) is 0 Å². The van der Waals surface area contributed by atoms with E-state index < -0.39 is 6.04 Å². The number of nitrogens with one attached hydrogen (secondary N) is 2. The summed E-state index contributed by atoms with van der Waals surface area (Å²) in [5, 5.41) is 17.3. The van der Waals surface area contributed by atoms with Crippen molar-refractivity contribution in [3.8, 4) is 17.2 Å². The van der Waals surface area contributed by atoms with Gasteiger partial charge in [0.05, 0.1) is 31.6 Å². The number of phenolic OH excluding ortho intramolecular Hbond substituents is 1. The Morgan fingerprint density at radius 3 is 2.28 bits per heavy atom. The third kappa shape index (κ3) is 3.39. The second kappa shape index (κ2) is 7.03. The molecule has 1 atom stereocenters. The molecule has 0 bridgehead atoms. The summed E-state index contributed by atoms with van der Waals surface area (Å²) in [6, 6.07) is 11.0. The zero-order chi connectivity index (χ0) is 20.8. The van der Waals surface area contributed by atoms with Crippen LogP contribution in [0.1, 0.15) is 38.3 Å². The molecule has 152 valence electrons. The van der Waals surface area contributed by atoms with E-state index in [1.54, 1.807) is 12.1 Å². The van der Waals surface area contributed by atoms with Crippen LogP contribution in [-0.2, 0) is 4.79 Å². The standard InChI is InChI=1S/C23H26N2O4/c1-23(2)11-16-20(17(26)12-23)21(25-15-8-6-5-7-14(15)24-16)13-9-18(28-3)22(27)19(10-13)29-4/h5-10,21,24-25,27H,11-12H2,1-4H3. The smallest absolute Gasteiger partial charge is 0.200 e. The van der Waals surface area contributed by atoms with Crippen molar-refractivity contribution in [2.24, 2.45) is 5.41 Å². The number of para-hydroxylation sites is 2. The lowest BCUT2D eigenvalue weighted by Crippen LogP contribution is -2.31. The predicted octanol–water partition coefficient (Wildman–Crippen LogP) is 4.63. The average molecular weight is 394 g/mol. The maximum absolute atomic E-state index is 13.3. The molecule has 2 aromatic carbocycles. The molecule has 0 aromatic heterocycles. The minimum Gasteiger partial charge on any atom is -0.502 e. The van der Waals surface area contributed by atoms with Crippen molar-refractivity contribution in [1.29, 1.82) is 0 Å². The van der Waals surface area contributed by atoms with Crippen LogP contribution in [-0.4, -0.2) is 25.1 Å². The number of allylic oxidation sites excluding steroid dienone is 1. The Bertz CT molecular complexity index is 985. The number of ether oxygens (including phenoxy) is 2. The highest BCUT2D eigenvalue weighted by Gasteiger charge is 2.39. The Hall–Kier alpha value is -3.15. The molecule has 4 rings (SSSR count). The first-order valence-electron chi connectivity index (χ1n) is 9.66. The number of ketones is 1. The summed E-state index contributed by atoms with van der Waals surface area (Å²) >= 11 is 0. The van der Waals surface area contributed by atoms with Crippen LogP contribution in [0.3, 0.4) is 0 Å². The van der Waals surface area contributed by atoms with E-state index in [4.69, 9.17) is 9.47 Å². The van der Waals surface area contributed by atoms with Gasteiger partial charge in [-0.3, -0.25) is 4.79 Å². The topological polar surface area (TPSA) is 79.8 Å². The number of rotatable bonds is 3.